The average molecular weight is 218 g/mol. The van der Waals surface area contributed by atoms with Gasteiger partial charge < -0.3 is 15.6 Å². The summed E-state index contributed by atoms with van der Waals surface area (Å²) in [5.74, 6) is 1.59. The van der Waals surface area contributed by atoms with E-state index in [-0.39, 0.29) is 0 Å². The fourth-order valence-electron chi connectivity index (χ4n) is 1.35. The Morgan fingerprint density at radius 3 is 2.81 bits per heavy atom. The number of nitrogens with one attached hydrogen (secondary N) is 1. The summed E-state index contributed by atoms with van der Waals surface area (Å²) >= 11 is 0. The van der Waals surface area contributed by atoms with E-state index < -0.39 is 0 Å². The molecule has 0 amide bonds. The van der Waals surface area contributed by atoms with Gasteiger partial charge in [0.05, 0.1) is 17.9 Å². The van der Waals surface area contributed by atoms with Gasteiger partial charge in [-0.1, -0.05) is 5.16 Å². The lowest BCUT2D eigenvalue weighted by Crippen LogP contribution is -2.03. The third kappa shape index (κ3) is 2.31. The van der Waals surface area contributed by atoms with E-state index >= 15 is 0 Å². The maximum absolute atomic E-state index is 5.68. The van der Waals surface area contributed by atoms with E-state index in [9.17, 15) is 0 Å². The van der Waals surface area contributed by atoms with E-state index in [4.69, 9.17) is 10.3 Å². The molecule has 0 aliphatic heterocycles. The van der Waals surface area contributed by atoms with Crippen molar-refractivity contribution in [2.75, 3.05) is 11.1 Å². The maximum atomic E-state index is 5.68. The van der Waals surface area contributed by atoms with E-state index in [1.54, 1.807) is 0 Å². The number of rotatable bonds is 3. The molecular weight excluding hydrogens is 204 g/mol. The Morgan fingerprint density at radius 1 is 1.38 bits per heavy atom. The topological polar surface area (TPSA) is 77.0 Å². The second-order valence-electron chi connectivity index (χ2n) is 3.65. The number of nitrogens with two attached hydrogens (primary N) is 1. The second-order valence-corrected chi connectivity index (χ2v) is 3.65. The van der Waals surface area contributed by atoms with Crippen LogP contribution in [-0.4, -0.2) is 10.1 Å². The molecule has 2 rings (SSSR count). The smallest absolute Gasteiger partial charge is 0.133 e. The molecule has 2 aromatic heterocycles. The highest BCUT2D eigenvalue weighted by atomic mass is 16.5. The standard InChI is InChI=1S/C11H14N4O/c1-7-5-9(15-16-7)6-13-11-4-3-10(12)8(2)14-11/h3-5H,6,12H2,1-2H3,(H,13,14). The molecule has 0 aliphatic carbocycles. The van der Waals surface area contributed by atoms with Gasteiger partial charge >= 0.3 is 0 Å². The highest BCUT2D eigenvalue weighted by Gasteiger charge is 2.01. The van der Waals surface area contributed by atoms with Gasteiger partial charge in [0, 0.05) is 6.07 Å². The second kappa shape index (κ2) is 4.22. The van der Waals surface area contributed by atoms with Gasteiger partial charge in [0.2, 0.25) is 0 Å². The molecule has 5 heteroatoms. The molecule has 0 aromatic carbocycles. The number of nitrogen functional groups attached to an aromatic ring is 1. The first-order chi connectivity index (χ1) is 7.65. The van der Waals surface area contributed by atoms with Gasteiger partial charge in [-0.2, -0.15) is 0 Å². The van der Waals surface area contributed by atoms with Gasteiger partial charge in [0.25, 0.3) is 0 Å². The maximum Gasteiger partial charge on any atom is 0.133 e. The number of pyridine rings is 1. The van der Waals surface area contributed by atoms with Crippen LogP contribution < -0.4 is 11.1 Å². The molecule has 0 atom stereocenters. The van der Waals surface area contributed by atoms with Gasteiger partial charge in [-0.15, -0.1) is 0 Å². The van der Waals surface area contributed by atoms with Crippen LogP contribution in [-0.2, 0) is 6.54 Å². The number of anilines is 2. The number of nitrogens with zero attached hydrogens (tertiary/aromatic N) is 2. The molecule has 84 valence electrons. The molecule has 2 heterocycles. The van der Waals surface area contributed by atoms with Crippen molar-refractivity contribution in [3.05, 3.63) is 35.3 Å². The van der Waals surface area contributed by atoms with Crippen LogP contribution in [0.4, 0.5) is 11.5 Å². The van der Waals surface area contributed by atoms with Crippen molar-refractivity contribution >= 4 is 11.5 Å². The lowest BCUT2D eigenvalue weighted by atomic mass is 10.3. The zero-order chi connectivity index (χ0) is 11.5. The Balaban J connectivity index is 2.02. The van der Waals surface area contributed by atoms with Crippen LogP contribution in [0.3, 0.4) is 0 Å². The fraction of sp³-hybridized carbons (Fsp3) is 0.273. The first kappa shape index (κ1) is 10.5. The molecular formula is C11H14N4O. The van der Waals surface area contributed by atoms with Crippen molar-refractivity contribution in [1.82, 2.24) is 10.1 Å². The molecule has 0 saturated carbocycles. The number of aromatic nitrogens is 2. The summed E-state index contributed by atoms with van der Waals surface area (Å²) in [6.45, 7) is 4.33. The van der Waals surface area contributed by atoms with Crippen molar-refractivity contribution < 1.29 is 4.52 Å². The minimum Gasteiger partial charge on any atom is -0.397 e. The van der Waals surface area contributed by atoms with E-state index in [2.05, 4.69) is 15.5 Å². The molecule has 0 saturated heterocycles. The first-order valence-electron chi connectivity index (χ1n) is 5.04. The average Bonchev–Trinajstić information content (AvgIpc) is 2.66. The third-order valence-electron chi connectivity index (χ3n) is 2.25. The third-order valence-corrected chi connectivity index (χ3v) is 2.25. The van der Waals surface area contributed by atoms with E-state index in [1.165, 1.54) is 0 Å². The lowest BCUT2D eigenvalue weighted by molar-refractivity contribution is 0.391. The number of aryl methyl sites for hydroxylation is 2. The molecule has 5 nitrogen and oxygen atoms in total. The summed E-state index contributed by atoms with van der Waals surface area (Å²) in [4.78, 5) is 4.30. The van der Waals surface area contributed by atoms with Gasteiger partial charge in [0.15, 0.2) is 0 Å². The summed E-state index contributed by atoms with van der Waals surface area (Å²) in [6.07, 6.45) is 0. The predicted molar refractivity (Wildman–Crippen MR) is 62.0 cm³/mol. The molecule has 0 spiro atoms. The van der Waals surface area contributed by atoms with Crippen molar-refractivity contribution in [2.24, 2.45) is 0 Å². The molecule has 0 fully saturated rings. The zero-order valence-corrected chi connectivity index (χ0v) is 9.32. The van der Waals surface area contributed by atoms with Crippen molar-refractivity contribution in [3.63, 3.8) is 0 Å². The highest BCUT2D eigenvalue weighted by molar-refractivity contribution is 5.49. The van der Waals surface area contributed by atoms with Crippen molar-refractivity contribution in [2.45, 2.75) is 20.4 Å². The normalized spacial score (nSPS) is 10.4. The van der Waals surface area contributed by atoms with E-state index in [0.29, 0.717) is 12.2 Å². The summed E-state index contributed by atoms with van der Waals surface area (Å²) in [6, 6.07) is 5.56. The summed E-state index contributed by atoms with van der Waals surface area (Å²) in [7, 11) is 0. The minimum atomic E-state index is 0.591. The fourth-order valence-corrected chi connectivity index (χ4v) is 1.35. The van der Waals surface area contributed by atoms with Crippen LogP contribution >= 0.6 is 0 Å². The predicted octanol–water partition coefficient (Wildman–Crippen LogP) is 1.88. The Hall–Kier alpha value is -2.04. The number of hydrogen-bond acceptors (Lipinski definition) is 5. The molecule has 2 aromatic rings. The minimum absolute atomic E-state index is 0.591. The summed E-state index contributed by atoms with van der Waals surface area (Å²) in [5.41, 5.74) is 8.05. The van der Waals surface area contributed by atoms with Crippen LogP contribution in [0.2, 0.25) is 0 Å². The largest absolute Gasteiger partial charge is 0.397 e. The van der Waals surface area contributed by atoms with Crippen LogP contribution in [0, 0.1) is 13.8 Å². The quantitative estimate of drug-likeness (QED) is 0.822. The molecule has 3 N–H and O–H groups in total. The summed E-state index contributed by atoms with van der Waals surface area (Å²) < 4.78 is 4.97. The monoisotopic (exact) mass is 218 g/mol. The number of hydrogen-bond donors (Lipinski definition) is 2. The summed E-state index contributed by atoms with van der Waals surface area (Å²) in [5, 5.41) is 7.03. The molecule has 0 unspecified atom stereocenters. The molecule has 16 heavy (non-hydrogen) atoms. The van der Waals surface area contributed by atoms with Gasteiger partial charge in [-0.05, 0) is 26.0 Å². The Bertz CT molecular complexity index is 492. The zero-order valence-electron chi connectivity index (χ0n) is 9.32. The van der Waals surface area contributed by atoms with Gasteiger partial charge in [-0.3, -0.25) is 0 Å². The Labute approximate surface area is 93.7 Å². The van der Waals surface area contributed by atoms with Crippen molar-refractivity contribution in [1.29, 1.82) is 0 Å². The van der Waals surface area contributed by atoms with Crippen LogP contribution in [0.5, 0.6) is 0 Å². The molecule has 0 aliphatic rings. The van der Waals surface area contributed by atoms with Crippen LogP contribution in [0.15, 0.2) is 22.7 Å². The highest BCUT2D eigenvalue weighted by Crippen LogP contribution is 2.12. The molecule has 0 bridgehead atoms. The first-order valence-corrected chi connectivity index (χ1v) is 5.04. The lowest BCUT2D eigenvalue weighted by Gasteiger charge is -2.05. The molecule has 0 radical (unpaired) electrons. The van der Waals surface area contributed by atoms with Crippen LogP contribution in [0.25, 0.3) is 0 Å². The SMILES string of the molecule is Cc1cc(CNc2ccc(N)c(C)n2)no1. The van der Waals surface area contributed by atoms with Crippen LogP contribution in [0.1, 0.15) is 17.1 Å². The Morgan fingerprint density at radius 2 is 2.19 bits per heavy atom. The Kier molecular flexibility index (Phi) is 2.76. The van der Waals surface area contributed by atoms with Crippen molar-refractivity contribution in [3.8, 4) is 0 Å². The van der Waals surface area contributed by atoms with E-state index in [0.717, 1.165) is 23.0 Å². The van der Waals surface area contributed by atoms with E-state index in [1.807, 2.05) is 32.0 Å². The van der Waals surface area contributed by atoms with Gasteiger partial charge in [-0.25, -0.2) is 4.98 Å². The van der Waals surface area contributed by atoms with Gasteiger partial charge in [0.1, 0.15) is 17.3 Å².